The first-order valence-electron chi connectivity index (χ1n) is 8.86. The van der Waals surface area contributed by atoms with Crippen LogP contribution in [0.25, 0.3) is 6.08 Å². The molecule has 1 unspecified atom stereocenters. The van der Waals surface area contributed by atoms with E-state index in [-0.39, 0.29) is 12.4 Å². The van der Waals surface area contributed by atoms with Gasteiger partial charge in [0.2, 0.25) is 0 Å². The maximum Gasteiger partial charge on any atom is 0.305 e. The number of unbranched alkanes of at least 4 members (excludes halogenated alkanes) is 2. The first-order chi connectivity index (χ1) is 12.0. The Bertz CT molecular complexity index is 526. The fourth-order valence-corrected chi connectivity index (χ4v) is 3.43. The van der Waals surface area contributed by atoms with Gasteiger partial charge in [0, 0.05) is 11.3 Å². The largest absolute Gasteiger partial charge is 0.469 e. The summed E-state index contributed by atoms with van der Waals surface area (Å²) in [6.07, 6.45) is 5.77. The predicted octanol–water partition coefficient (Wildman–Crippen LogP) is 3.44. The van der Waals surface area contributed by atoms with E-state index in [0.717, 1.165) is 36.1 Å². The molecule has 6 heteroatoms. The van der Waals surface area contributed by atoms with Crippen molar-refractivity contribution in [2.45, 2.75) is 70.2 Å². The normalized spacial score (nSPS) is 15.2. The minimum Gasteiger partial charge on any atom is -0.469 e. The lowest BCUT2D eigenvalue weighted by Gasteiger charge is -2.14. The van der Waals surface area contributed by atoms with Crippen LogP contribution in [0.15, 0.2) is 17.5 Å². The minimum absolute atomic E-state index is 0.225. The van der Waals surface area contributed by atoms with Crippen molar-refractivity contribution in [3.05, 3.63) is 28.0 Å². The second kappa shape index (κ2) is 12.2. The zero-order chi connectivity index (χ0) is 18.7. The van der Waals surface area contributed by atoms with Crippen molar-refractivity contribution < 1.29 is 24.9 Å². The molecular weight excluding hydrogens is 340 g/mol. The molecule has 25 heavy (non-hydrogen) atoms. The average molecular weight is 371 g/mol. The number of rotatable bonds is 12. The first-order valence-corrected chi connectivity index (χ1v) is 9.74. The van der Waals surface area contributed by atoms with Gasteiger partial charge in [-0.2, -0.15) is 0 Å². The number of aliphatic hydroxyl groups excluding tert-OH is 3. The van der Waals surface area contributed by atoms with Crippen LogP contribution in [-0.4, -0.2) is 40.6 Å². The van der Waals surface area contributed by atoms with Gasteiger partial charge in [0.25, 0.3) is 0 Å². The molecule has 0 saturated heterocycles. The van der Waals surface area contributed by atoms with Crippen molar-refractivity contribution >= 4 is 23.4 Å². The molecule has 1 heterocycles. The number of aliphatic hydroxyl groups is 3. The van der Waals surface area contributed by atoms with Crippen LogP contribution >= 0.6 is 11.3 Å². The molecule has 0 fully saturated rings. The topological polar surface area (TPSA) is 87.0 Å². The fourth-order valence-electron chi connectivity index (χ4n) is 2.52. The number of carbonyl (C=O) groups is 1. The Morgan fingerprint density at radius 3 is 2.68 bits per heavy atom. The summed E-state index contributed by atoms with van der Waals surface area (Å²) in [6.45, 7) is 2.13. The number of carbonyl (C=O) groups excluding carboxylic acids is 1. The van der Waals surface area contributed by atoms with Crippen LogP contribution in [0.3, 0.4) is 0 Å². The minimum atomic E-state index is -1.01. The monoisotopic (exact) mass is 370 g/mol. The van der Waals surface area contributed by atoms with Crippen LogP contribution in [0.1, 0.15) is 68.4 Å². The van der Waals surface area contributed by atoms with Gasteiger partial charge in [-0.05, 0) is 36.3 Å². The Hall–Kier alpha value is -1.21. The maximum atomic E-state index is 11.0. The van der Waals surface area contributed by atoms with E-state index in [2.05, 4.69) is 11.7 Å². The molecule has 1 aromatic rings. The molecular formula is C19H30O5S. The van der Waals surface area contributed by atoms with Gasteiger partial charge in [-0.1, -0.05) is 38.3 Å². The summed E-state index contributed by atoms with van der Waals surface area (Å²) in [4.78, 5) is 11.9. The fraction of sp³-hybridized carbons (Fsp3) is 0.632. The summed E-state index contributed by atoms with van der Waals surface area (Å²) in [5, 5.41) is 32.2. The van der Waals surface area contributed by atoms with Crippen molar-refractivity contribution in [3.8, 4) is 0 Å². The van der Waals surface area contributed by atoms with Gasteiger partial charge in [0.1, 0.15) is 0 Å². The maximum absolute atomic E-state index is 11.0. The SMILES string of the molecule is CCCCCC(O)c1sccc1/C=C/[C@@H](O)[C@@H](O)CCCC(=O)OC. The van der Waals surface area contributed by atoms with Crippen molar-refractivity contribution in [3.63, 3.8) is 0 Å². The Labute approximate surface area is 154 Å². The van der Waals surface area contributed by atoms with Crippen molar-refractivity contribution in [2.24, 2.45) is 0 Å². The van der Waals surface area contributed by atoms with E-state index in [4.69, 9.17) is 0 Å². The van der Waals surface area contributed by atoms with Crippen LogP contribution < -0.4 is 0 Å². The van der Waals surface area contributed by atoms with Gasteiger partial charge in [0.05, 0.1) is 25.4 Å². The number of hydrogen-bond acceptors (Lipinski definition) is 6. The van der Waals surface area contributed by atoms with Crippen LogP contribution in [0, 0.1) is 0 Å². The molecule has 0 aliphatic rings. The standard InChI is InChI=1S/C19H30O5S/c1-3-4-5-7-17(22)19-14(12-13-25-19)10-11-16(21)15(20)8-6-9-18(23)24-2/h10-13,15-17,20-22H,3-9H2,1-2H3/b11-10+/t15-,16+,17?/m0/s1. The van der Waals surface area contributed by atoms with Crippen LogP contribution in [-0.2, 0) is 9.53 Å². The molecule has 3 N–H and O–H groups in total. The van der Waals surface area contributed by atoms with Gasteiger partial charge in [-0.15, -0.1) is 11.3 Å². The Morgan fingerprint density at radius 1 is 1.24 bits per heavy atom. The summed E-state index contributed by atoms with van der Waals surface area (Å²) < 4.78 is 4.54. The molecule has 5 nitrogen and oxygen atoms in total. The smallest absolute Gasteiger partial charge is 0.305 e. The zero-order valence-electron chi connectivity index (χ0n) is 15.1. The molecule has 1 rings (SSSR count). The lowest BCUT2D eigenvalue weighted by Crippen LogP contribution is -2.23. The summed E-state index contributed by atoms with van der Waals surface area (Å²) in [7, 11) is 1.32. The van der Waals surface area contributed by atoms with Crippen LogP contribution in [0.5, 0.6) is 0 Å². The van der Waals surface area contributed by atoms with Crippen molar-refractivity contribution in [1.82, 2.24) is 0 Å². The van der Waals surface area contributed by atoms with Gasteiger partial charge >= 0.3 is 5.97 Å². The summed E-state index contributed by atoms with van der Waals surface area (Å²) >= 11 is 1.50. The molecule has 3 atom stereocenters. The van der Waals surface area contributed by atoms with E-state index in [9.17, 15) is 20.1 Å². The van der Waals surface area contributed by atoms with Gasteiger partial charge in [-0.3, -0.25) is 4.79 Å². The third kappa shape index (κ3) is 8.14. The summed E-state index contributed by atoms with van der Waals surface area (Å²) in [5.41, 5.74) is 0.870. The number of methoxy groups -OCH3 is 1. The average Bonchev–Trinajstić information content (AvgIpc) is 3.08. The van der Waals surface area contributed by atoms with E-state index in [1.165, 1.54) is 24.5 Å². The molecule has 0 aliphatic carbocycles. The predicted molar refractivity (Wildman–Crippen MR) is 100 cm³/mol. The second-order valence-electron chi connectivity index (χ2n) is 6.14. The van der Waals surface area contributed by atoms with E-state index in [1.807, 2.05) is 11.4 Å². The summed E-state index contributed by atoms with van der Waals surface area (Å²) in [5.74, 6) is -0.322. The third-order valence-corrected chi connectivity index (χ3v) is 5.12. The highest BCUT2D eigenvalue weighted by Crippen LogP contribution is 2.29. The molecule has 0 bridgehead atoms. The second-order valence-corrected chi connectivity index (χ2v) is 7.08. The zero-order valence-corrected chi connectivity index (χ0v) is 15.9. The number of ether oxygens (including phenoxy) is 1. The third-order valence-electron chi connectivity index (χ3n) is 4.09. The van der Waals surface area contributed by atoms with Gasteiger partial charge in [0.15, 0.2) is 0 Å². The Balaban J connectivity index is 2.51. The highest BCUT2D eigenvalue weighted by molar-refractivity contribution is 7.10. The molecule has 0 aromatic carbocycles. The molecule has 0 radical (unpaired) electrons. The van der Waals surface area contributed by atoms with Crippen molar-refractivity contribution in [2.75, 3.05) is 7.11 Å². The van der Waals surface area contributed by atoms with Crippen LogP contribution in [0.2, 0.25) is 0 Å². The number of thiophene rings is 1. The highest BCUT2D eigenvalue weighted by Gasteiger charge is 2.16. The lowest BCUT2D eigenvalue weighted by atomic mass is 10.0. The van der Waals surface area contributed by atoms with Gasteiger partial charge < -0.3 is 20.1 Å². The van der Waals surface area contributed by atoms with E-state index in [0.29, 0.717) is 12.8 Å². The first kappa shape index (κ1) is 21.8. The van der Waals surface area contributed by atoms with E-state index < -0.39 is 18.3 Å². The molecule has 0 saturated carbocycles. The van der Waals surface area contributed by atoms with Gasteiger partial charge in [-0.25, -0.2) is 0 Å². The van der Waals surface area contributed by atoms with E-state index >= 15 is 0 Å². The molecule has 0 amide bonds. The molecule has 0 spiro atoms. The van der Waals surface area contributed by atoms with Crippen LogP contribution in [0.4, 0.5) is 0 Å². The Kier molecular flexibility index (Phi) is 10.6. The number of esters is 1. The lowest BCUT2D eigenvalue weighted by molar-refractivity contribution is -0.140. The highest BCUT2D eigenvalue weighted by atomic mass is 32.1. The molecule has 0 aliphatic heterocycles. The molecule has 142 valence electrons. The number of hydrogen-bond donors (Lipinski definition) is 3. The quantitative estimate of drug-likeness (QED) is 0.387. The van der Waals surface area contributed by atoms with Crippen molar-refractivity contribution in [1.29, 1.82) is 0 Å². The molecule has 1 aromatic heterocycles. The summed E-state index contributed by atoms with van der Waals surface area (Å²) in [6, 6.07) is 1.90. The Morgan fingerprint density at radius 2 is 2.00 bits per heavy atom. The van der Waals surface area contributed by atoms with E-state index in [1.54, 1.807) is 6.08 Å².